The van der Waals surface area contributed by atoms with Gasteiger partial charge in [0.1, 0.15) is 11.9 Å². The van der Waals surface area contributed by atoms with Crippen molar-refractivity contribution in [1.29, 1.82) is 0 Å². The van der Waals surface area contributed by atoms with Crippen molar-refractivity contribution in [3.63, 3.8) is 0 Å². The van der Waals surface area contributed by atoms with Crippen LogP contribution < -0.4 is 16.2 Å². The molecule has 154 valence electrons. The van der Waals surface area contributed by atoms with E-state index >= 15 is 0 Å². The maximum Gasteiger partial charge on any atom is 0.338 e. The van der Waals surface area contributed by atoms with E-state index in [0.29, 0.717) is 29.8 Å². The van der Waals surface area contributed by atoms with Gasteiger partial charge in [-0.2, -0.15) is 0 Å². The van der Waals surface area contributed by atoms with Crippen molar-refractivity contribution in [2.24, 2.45) is 0 Å². The van der Waals surface area contributed by atoms with Crippen molar-refractivity contribution in [2.75, 3.05) is 13.2 Å². The second-order valence-corrected chi connectivity index (χ2v) is 6.98. The lowest BCUT2D eigenvalue weighted by Gasteiger charge is -2.14. The number of benzene rings is 1. The Morgan fingerprint density at radius 2 is 2.10 bits per heavy atom. The molecular weight excluding hydrogens is 376 g/mol. The van der Waals surface area contributed by atoms with Gasteiger partial charge in [-0.25, -0.2) is 9.78 Å². The molecule has 9 heteroatoms. The Labute approximate surface area is 167 Å². The molecule has 2 heterocycles. The number of nitrogens with one attached hydrogen (secondary N) is 2. The highest BCUT2D eigenvalue weighted by atomic mass is 16.5. The molecule has 0 saturated heterocycles. The van der Waals surface area contributed by atoms with Gasteiger partial charge in [-0.05, 0) is 38.0 Å². The van der Waals surface area contributed by atoms with E-state index in [2.05, 4.69) is 15.6 Å². The number of aromatic nitrogens is 2. The molecule has 2 aromatic rings. The van der Waals surface area contributed by atoms with Gasteiger partial charge < -0.3 is 15.4 Å². The summed E-state index contributed by atoms with van der Waals surface area (Å²) in [5, 5.41) is 5.59. The topological polar surface area (TPSA) is 119 Å². The van der Waals surface area contributed by atoms with E-state index in [0.717, 1.165) is 19.3 Å². The number of fused-ring (bicyclic) bond motifs is 2. The number of rotatable bonds is 7. The minimum absolute atomic E-state index is 0.114. The third-order valence-corrected chi connectivity index (χ3v) is 4.71. The third-order valence-electron chi connectivity index (χ3n) is 4.71. The lowest BCUT2D eigenvalue weighted by atomic mass is 10.1. The van der Waals surface area contributed by atoms with Crippen LogP contribution in [-0.2, 0) is 27.3 Å². The number of esters is 1. The highest BCUT2D eigenvalue weighted by Crippen LogP contribution is 2.16. The summed E-state index contributed by atoms with van der Waals surface area (Å²) in [5.41, 5.74) is 0.522. The van der Waals surface area contributed by atoms with Crippen molar-refractivity contribution in [3.8, 4) is 0 Å². The Balaban J connectivity index is 1.61. The minimum Gasteiger partial charge on any atom is -0.452 e. The molecule has 29 heavy (non-hydrogen) atoms. The van der Waals surface area contributed by atoms with Gasteiger partial charge in [0, 0.05) is 19.5 Å². The van der Waals surface area contributed by atoms with Crippen LogP contribution in [0.4, 0.5) is 0 Å². The fourth-order valence-corrected chi connectivity index (χ4v) is 3.18. The molecule has 1 atom stereocenters. The van der Waals surface area contributed by atoms with Crippen molar-refractivity contribution >= 4 is 28.7 Å². The summed E-state index contributed by atoms with van der Waals surface area (Å²) in [7, 11) is 0. The number of hydrogen-bond acceptors (Lipinski definition) is 6. The van der Waals surface area contributed by atoms with Gasteiger partial charge >= 0.3 is 5.97 Å². The molecule has 1 aromatic carbocycles. The number of amides is 2. The van der Waals surface area contributed by atoms with Gasteiger partial charge in [0.25, 0.3) is 11.5 Å². The number of carbonyl (C=O) groups excluding carboxylic acids is 3. The summed E-state index contributed by atoms with van der Waals surface area (Å²) in [4.78, 5) is 52.9. The van der Waals surface area contributed by atoms with Crippen LogP contribution >= 0.6 is 0 Å². The zero-order chi connectivity index (χ0) is 21.0. The van der Waals surface area contributed by atoms with Crippen molar-refractivity contribution in [1.82, 2.24) is 20.2 Å². The van der Waals surface area contributed by atoms with Crippen LogP contribution in [0.25, 0.3) is 10.9 Å². The SMILES string of the molecule is CCCNC(=O)[C@@H](C)NC(=O)COC(=O)c1ccc2c(=O)n3c(nc2c1)CCC3. The molecule has 0 aliphatic carbocycles. The van der Waals surface area contributed by atoms with E-state index in [1.54, 1.807) is 17.6 Å². The highest BCUT2D eigenvalue weighted by Gasteiger charge is 2.19. The fourth-order valence-electron chi connectivity index (χ4n) is 3.18. The van der Waals surface area contributed by atoms with E-state index in [9.17, 15) is 19.2 Å². The van der Waals surface area contributed by atoms with E-state index in [1.807, 2.05) is 6.92 Å². The zero-order valence-electron chi connectivity index (χ0n) is 16.5. The predicted molar refractivity (Wildman–Crippen MR) is 106 cm³/mol. The number of nitrogens with zero attached hydrogens (tertiary/aromatic N) is 2. The number of ether oxygens (including phenoxy) is 1. The Kier molecular flexibility index (Phi) is 6.26. The van der Waals surface area contributed by atoms with E-state index in [-0.39, 0.29) is 17.0 Å². The van der Waals surface area contributed by atoms with Crippen molar-refractivity contribution in [2.45, 2.75) is 45.7 Å². The average molecular weight is 400 g/mol. The van der Waals surface area contributed by atoms with Gasteiger partial charge in [0.05, 0.1) is 16.5 Å². The molecule has 9 nitrogen and oxygen atoms in total. The first-order valence-corrected chi connectivity index (χ1v) is 9.68. The van der Waals surface area contributed by atoms with Crippen LogP contribution in [0.2, 0.25) is 0 Å². The molecule has 0 fully saturated rings. The average Bonchev–Trinajstić information content (AvgIpc) is 3.18. The molecule has 0 radical (unpaired) electrons. The van der Waals surface area contributed by atoms with Gasteiger partial charge in [-0.1, -0.05) is 6.92 Å². The van der Waals surface area contributed by atoms with Crippen LogP contribution in [0.3, 0.4) is 0 Å². The molecule has 1 aromatic heterocycles. The minimum atomic E-state index is -0.729. The standard InChI is InChI=1S/C20H24N4O5/c1-3-8-21-18(26)12(2)22-17(25)11-29-20(28)13-6-7-14-15(10-13)23-16-5-4-9-24(16)19(14)27/h6-7,10,12H,3-5,8-9,11H2,1-2H3,(H,21,26)(H,22,25)/t12-/m1/s1. The summed E-state index contributed by atoms with van der Waals surface area (Å²) in [6, 6.07) is 3.80. The maximum atomic E-state index is 12.5. The third kappa shape index (κ3) is 4.61. The van der Waals surface area contributed by atoms with Crippen LogP contribution in [0, 0.1) is 0 Å². The van der Waals surface area contributed by atoms with E-state index < -0.39 is 24.5 Å². The smallest absolute Gasteiger partial charge is 0.338 e. The van der Waals surface area contributed by atoms with Gasteiger partial charge in [0.2, 0.25) is 5.91 Å². The predicted octanol–water partition coefficient (Wildman–Crippen LogP) is 0.530. The second kappa shape index (κ2) is 8.85. The summed E-state index contributed by atoms with van der Waals surface area (Å²) in [5.74, 6) is -0.867. The highest BCUT2D eigenvalue weighted by molar-refractivity contribution is 5.95. The Morgan fingerprint density at radius 1 is 1.31 bits per heavy atom. The van der Waals surface area contributed by atoms with Gasteiger partial charge in [-0.3, -0.25) is 19.0 Å². The summed E-state index contributed by atoms with van der Waals surface area (Å²) < 4.78 is 6.68. The number of hydrogen-bond donors (Lipinski definition) is 2. The first-order chi connectivity index (χ1) is 13.9. The first-order valence-electron chi connectivity index (χ1n) is 9.68. The van der Waals surface area contributed by atoms with Gasteiger partial charge in [0.15, 0.2) is 6.61 Å². The van der Waals surface area contributed by atoms with E-state index in [4.69, 9.17) is 4.74 Å². The quantitative estimate of drug-likeness (QED) is 0.655. The lowest BCUT2D eigenvalue weighted by Crippen LogP contribution is -2.46. The molecule has 0 bridgehead atoms. The number of aryl methyl sites for hydroxylation is 1. The molecule has 1 aliphatic rings. The largest absolute Gasteiger partial charge is 0.452 e. The Morgan fingerprint density at radius 3 is 2.86 bits per heavy atom. The molecular formula is C20H24N4O5. The normalized spacial score (nSPS) is 13.6. The summed E-state index contributed by atoms with van der Waals surface area (Å²) >= 11 is 0. The van der Waals surface area contributed by atoms with E-state index in [1.165, 1.54) is 12.1 Å². The molecule has 0 unspecified atom stereocenters. The lowest BCUT2D eigenvalue weighted by molar-refractivity contribution is -0.130. The molecule has 1 aliphatic heterocycles. The Bertz CT molecular complexity index is 1010. The van der Waals surface area contributed by atoms with Crippen LogP contribution in [-0.4, -0.2) is 46.5 Å². The van der Waals surface area contributed by atoms with Crippen molar-refractivity contribution in [3.05, 3.63) is 39.9 Å². The van der Waals surface area contributed by atoms with Gasteiger partial charge in [-0.15, -0.1) is 0 Å². The van der Waals surface area contributed by atoms with Crippen LogP contribution in [0.1, 0.15) is 42.9 Å². The second-order valence-electron chi connectivity index (χ2n) is 6.98. The molecule has 2 N–H and O–H groups in total. The molecule has 0 spiro atoms. The monoisotopic (exact) mass is 400 g/mol. The van der Waals surface area contributed by atoms with Crippen LogP contribution in [0.5, 0.6) is 0 Å². The Hall–Kier alpha value is -3.23. The van der Waals surface area contributed by atoms with Crippen molar-refractivity contribution < 1.29 is 19.1 Å². The molecule has 3 rings (SSSR count). The maximum absolute atomic E-state index is 12.5. The summed E-state index contributed by atoms with van der Waals surface area (Å²) in [6.45, 7) is 4.15. The first kappa shape index (κ1) is 20.5. The fraction of sp³-hybridized carbons (Fsp3) is 0.450. The number of carbonyl (C=O) groups is 3. The molecule has 0 saturated carbocycles. The zero-order valence-corrected chi connectivity index (χ0v) is 16.5. The molecule has 2 amide bonds. The summed E-state index contributed by atoms with van der Waals surface area (Å²) in [6.07, 6.45) is 2.39. The van der Waals surface area contributed by atoms with Crippen LogP contribution in [0.15, 0.2) is 23.0 Å².